The number of aromatic nitrogens is 4. The zero-order chi connectivity index (χ0) is 79.8. The molecular weight excluding hydrogens is 1390 g/mol. The Kier molecular flexibility index (Phi) is 39.8. The van der Waals surface area contributed by atoms with Gasteiger partial charge in [0.15, 0.2) is 0 Å². The Morgan fingerprint density at radius 1 is 0.167 bits per heavy atom. The Bertz CT molecular complexity index is 4410. The van der Waals surface area contributed by atoms with Gasteiger partial charge in [0.25, 0.3) is 0 Å². The predicted octanol–water partition coefficient (Wildman–Crippen LogP) is 31.2. The van der Waals surface area contributed by atoms with Crippen molar-refractivity contribution in [1.82, 2.24) is 19.9 Å². The van der Waals surface area contributed by atoms with Gasteiger partial charge in [-0.25, -0.2) is 0 Å². The van der Waals surface area contributed by atoms with E-state index in [2.05, 4.69) is 306 Å². The molecule has 4 aromatic heterocycles. The molecule has 0 amide bonds. The van der Waals surface area contributed by atoms with Gasteiger partial charge in [-0.3, -0.25) is 19.9 Å². The Balaban J connectivity index is 0.000000174. The average Bonchev–Trinajstić information content (AvgIpc) is 0.847. The van der Waals surface area contributed by atoms with Gasteiger partial charge in [-0.05, 0) is 216 Å². The van der Waals surface area contributed by atoms with Crippen molar-refractivity contribution < 1.29 is 9.47 Å². The fraction of sp³-hybridized carbons (Fsp3) is 0.370. The molecule has 4 heterocycles. The highest BCUT2D eigenvalue weighted by molar-refractivity contribution is 5.73. The van der Waals surface area contributed by atoms with Crippen molar-refractivity contribution in [2.24, 2.45) is 0 Å². The Labute approximate surface area is 688 Å². The zero-order valence-electron chi connectivity index (χ0n) is 70.6. The second kappa shape index (κ2) is 51.6. The quantitative estimate of drug-likeness (QED) is 0.0355. The first-order valence-electron chi connectivity index (χ1n) is 44.1. The van der Waals surface area contributed by atoms with Gasteiger partial charge >= 0.3 is 0 Å². The summed E-state index contributed by atoms with van der Waals surface area (Å²) >= 11 is 0. The smallest absolute Gasteiger partial charge is 0.119 e. The van der Waals surface area contributed by atoms with E-state index >= 15 is 0 Å². The number of hydrogen-bond acceptors (Lipinski definition) is 6. The third kappa shape index (κ3) is 30.7. The topological polar surface area (TPSA) is 70.0 Å². The molecule has 114 heavy (non-hydrogen) atoms. The first-order valence-corrected chi connectivity index (χ1v) is 44.1. The SMILES string of the molecule is CCCCCCCc1ccc(-c2ccc(-c3ccc(CCCCC)cn3)cc2)cc1.CCCCCCc1ccc(-c2ccc(-c3ccc(CCCCC)cn3)cc2)cc1.CCCCCc1ccc(-c2ccc(-c3ccc(OCCC)cc3)cc2)nc1.CCCCCc1ccc(-c2ccc(-c3ccc(OCCCC)cc3)cc2)nc1. The highest BCUT2D eigenvalue weighted by atomic mass is 16.5. The van der Waals surface area contributed by atoms with E-state index in [-0.39, 0.29) is 0 Å². The van der Waals surface area contributed by atoms with E-state index < -0.39 is 0 Å². The lowest BCUT2D eigenvalue weighted by atomic mass is 9.99. The van der Waals surface area contributed by atoms with Gasteiger partial charge in [0.1, 0.15) is 11.5 Å². The summed E-state index contributed by atoms with van der Waals surface area (Å²) in [5.41, 5.74) is 27.0. The van der Waals surface area contributed by atoms with Crippen molar-refractivity contribution in [1.29, 1.82) is 0 Å². The largest absolute Gasteiger partial charge is 0.494 e. The number of rotatable bonds is 42. The number of aryl methyl sites for hydroxylation is 6. The maximum Gasteiger partial charge on any atom is 0.119 e. The molecule has 12 rings (SSSR count). The number of hydrogen-bond donors (Lipinski definition) is 0. The van der Waals surface area contributed by atoms with E-state index in [1.54, 1.807) is 0 Å². The lowest BCUT2D eigenvalue weighted by Gasteiger charge is -2.08. The Hall–Kier alpha value is -10.0. The number of benzene rings is 8. The van der Waals surface area contributed by atoms with Crippen LogP contribution in [0.2, 0.25) is 0 Å². The molecule has 0 N–H and O–H groups in total. The molecule has 0 bridgehead atoms. The molecular formula is C108H132N4O2. The van der Waals surface area contributed by atoms with E-state index in [0.717, 1.165) is 104 Å². The fourth-order valence-corrected chi connectivity index (χ4v) is 14.1. The summed E-state index contributed by atoms with van der Waals surface area (Å²) in [5.74, 6) is 1.87. The molecule has 0 aliphatic rings. The van der Waals surface area contributed by atoms with Gasteiger partial charge in [0.05, 0.1) is 36.0 Å². The first-order chi connectivity index (χ1) is 56.2. The maximum atomic E-state index is 5.75. The van der Waals surface area contributed by atoms with Crippen molar-refractivity contribution in [3.8, 4) is 101 Å². The summed E-state index contributed by atoms with van der Waals surface area (Å²) in [6.07, 6.45) is 45.5. The van der Waals surface area contributed by atoms with Crippen LogP contribution in [-0.2, 0) is 38.5 Å². The Morgan fingerprint density at radius 3 is 0.605 bits per heavy atom. The molecule has 0 saturated heterocycles. The molecule has 0 saturated carbocycles. The molecule has 12 aromatic rings. The van der Waals surface area contributed by atoms with Crippen molar-refractivity contribution in [2.45, 2.75) is 248 Å². The van der Waals surface area contributed by atoms with Gasteiger partial charge in [0, 0.05) is 47.0 Å². The summed E-state index contributed by atoms with van der Waals surface area (Å²) < 4.78 is 11.4. The van der Waals surface area contributed by atoms with Crippen LogP contribution in [-0.4, -0.2) is 33.1 Å². The number of ether oxygens (including phenoxy) is 2. The standard InChI is InChI=1S/C29H37N.C28H35N.C26H31NO.C25H29NO/c1-3-5-7-8-10-11-24-13-16-26(17-14-24)27-18-20-28(21-19-27)29-22-15-25(23-30-29)12-9-6-4-2;1-3-5-7-9-10-23-12-15-25(16-13-23)26-17-19-27(20-18-26)28-21-14-24(22-29-28)11-8-6-4-2;1-3-5-7-8-21-9-18-26(27-20-21)24-12-10-22(11-13-24)23-14-16-25(17-15-23)28-19-6-4-2;1-3-5-6-7-20-8-17-25(26-19-20)23-11-9-21(10-12-23)22-13-15-24(16-14-22)27-18-4-2/h13-23H,3-12H2,1-2H3;12-22H,3-11H2,1-2H3;9-18,20H,3-8,19H2,1-2H3;8-17,19H,3-7,18H2,1-2H3. The predicted molar refractivity (Wildman–Crippen MR) is 490 cm³/mol. The van der Waals surface area contributed by atoms with E-state index in [1.807, 2.05) is 36.9 Å². The molecule has 6 heteroatoms. The second-order valence-corrected chi connectivity index (χ2v) is 30.8. The average molecular weight is 1520 g/mol. The number of nitrogens with zero attached hydrogens (tertiary/aromatic N) is 4. The third-order valence-corrected chi connectivity index (χ3v) is 21.4. The molecule has 0 radical (unpaired) electrons. The van der Waals surface area contributed by atoms with Gasteiger partial charge in [-0.15, -0.1) is 0 Å². The van der Waals surface area contributed by atoms with Crippen LogP contribution >= 0.6 is 0 Å². The van der Waals surface area contributed by atoms with Crippen LogP contribution in [0.3, 0.4) is 0 Å². The normalized spacial score (nSPS) is 10.9. The highest BCUT2D eigenvalue weighted by Crippen LogP contribution is 2.32. The maximum absolute atomic E-state index is 5.75. The zero-order valence-corrected chi connectivity index (χ0v) is 70.6. The van der Waals surface area contributed by atoms with Crippen molar-refractivity contribution in [3.63, 3.8) is 0 Å². The molecule has 596 valence electrons. The highest BCUT2D eigenvalue weighted by Gasteiger charge is 2.10. The van der Waals surface area contributed by atoms with Gasteiger partial charge in [0.2, 0.25) is 0 Å². The van der Waals surface area contributed by atoms with E-state index in [1.165, 1.54) is 237 Å². The van der Waals surface area contributed by atoms with Crippen LogP contribution in [0.1, 0.15) is 243 Å². The molecule has 6 nitrogen and oxygen atoms in total. The minimum Gasteiger partial charge on any atom is -0.494 e. The third-order valence-electron chi connectivity index (χ3n) is 21.4. The van der Waals surface area contributed by atoms with Crippen molar-refractivity contribution >= 4 is 0 Å². The molecule has 8 aromatic carbocycles. The first kappa shape index (κ1) is 87.9. The van der Waals surface area contributed by atoms with E-state index in [9.17, 15) is 0 Å². The number of pyridine rings is 4. The lowest BCUT2D eigenvalue weighted by molar-refractivity contribution is 0.309. The van der Waals surface area contributed by atoms with Gasteiger partial charge in [-0.1, -0.05) is 352 Å². The van der Waals surface area contributed by atoms with Crippen LogP contribution in [0.25, 0.3) is 89.5 Å². The van der Waals surface area contributed by atoms with Gasteiger partial charge in [-0.2, -0.15) is 0 Å². The molecule has 0 atom stereocenters. The van der Waals surface area contributed by atoms with Gasteiger partial charge < -0.3 is 9.47 Å². The number of unbranched alkanes of at least 4 members (excludes halogenated alkanes) is 16. The monoisotopic (exact) mass is 1520 g/mol. The van der Waals surface area contributed by atoms with Crippen molar-refractivity contribution in [2.75, 3.05) is 13.2 Å². The minimum atomic E-state index is 0.762. The Morgan fingerprint density at radius 2 is 0.360 bits per heavy atom. The lowest BCUT2D eigenvalue weighted by Crippen LogP contribution is -1.95. The van der Waals surface area contributed by atoms with Crippen molar-refractivity contribution in [3.05, 3.63) is 301 Å². The summed E-state index contributed by atoms with van der Waals surface area (Å²) in [5, 5.41) is 0. The molecule has 0 fully saturated rings. The summed E-state index contributed by atoms with van der Waals surface area (Å²) in [6, 6.07) is 87.2. The summed E-state index contributed by atoms with van der Waals surface area (Å²) in [7, 11) is 0. The minimum absolute atomic E-state index is 0.762. The molecule has 0 aliphatic carbocycles. The van der Waals surface area contributed by atoms with Crippen LogP contribution in [0.15, 0.2) is 267 Å². The van der Waals surface area contributed by atoms with Crippen LogP contribution in [0.5, 0.6) is 11.5 Å². The van der Waals surface area contributed by atoms with E-state index in [4.69, 9.17) is 9.47 Å². The second-order valence-electron chi connectivity index (χ2n) is 30.8. The molecule has 0 unspecified atom stereocenters. The van der Waals surface area contributed by atoms with Crippen LogP contribution in [0, 0.1) is 0 Å². The fourth-order valence-electron chi connectivity index (χ4n) is 14.1. The summed E-state index contributed by atoms with van der Waals surface area (Å²) in [6.45, 7) is 19.3. The van der Waals surface area contributed by atoms with Crippen LogP contribution < -0.4 is 9.47 Å². The van der Waals surface area contributed by atoms with Crippen LogP contribution in [0.4, 0.5) is 0 Å². The van der Waals surface area contributed by atoms with E-state index in [0.29, 0.717) is 0 Å². The summed E-state index contributed by atoms with van der Waals surface area (Å²) in [4.78, 5) is 18.7. The molecule has 0 aliphatic heterocycles. The molecule has 0 spiro atoms.